The second kappa shape index (κ2) is 8.68. The van der Waals surface area contributed by atoms with E-state index in [-0.39, 0.29) is 4.90 Å². The SMILES string of the molecule is CC(C)N1CCC(N(CS(=O)(=O)c2ccccc2)S(=O)(=O)CC(N)=O)CC1. The minimum Gasteiger partial charge on any atom is -0.369 e. The molecular formula is C17H27N3O5S2. The van der Waals surface area contributed by atoms with Crippen molar-refractivity contribution in [1.29, 1.82) is 0 Å². The van der Waals surface area contributed by atoms with E-state index in [1.54, 1.807) is 18.2 Å². The summed E-state index contributed by atoms with van der Waals surface area (Å²) in [5.41, 5.74) is 5.08. The van der Waals surface area contributed by atoms with Crippen molar-refractivity contribution >= 4 is 25.8 Å². The lowest BCUT2D eigenvalue weighted by atomic mass is 10.0. The monoisotopic (exact) mass is 417 g/mol. The Morgan fingerprint density at radius 3 is 2.19 bits per heavy atom. The largest absolute Gasteiger partial charge is 0.369 e. The van der Waals surface area contributed by atoms with Crippen LogP contribution in [0, 0.1) is 0 Å². The van der Waals surface area contributed by atoms with Crippen LogP contribution in [0.5, 0.6) is 0 Å². The van der Waals surface area contributed by atoms with E-state index in [1.165, 1.54) is 12.1 Å². The molecule has 152 valence electrons. The number of nitrogens with zero attached hydrogens (tertiary/aromatic N) is 2. The van der Waals surface area contributed by atoms with Gasteiger partial charge in [-0.2, -0.15) is 4.31 Å². The summed E-state index contributed by atoms with van der Waals surface area (Å²) in [6.45, 7) is 5.44. The molecular weight excluding hydrogens is 390 g/mol. The van der Waals surface area contributed by atoms with Gasteiger partial charge in [-0.05, 0) is 51.9 Å². The number of nitrogens with two attached hydrogens (primary N) is 1. The van der Waals surface area contributed by atoms with Gasteiger partial charge in [0.15, 0.2) is 9.84 Å². The Hall–Kier alpha value is -1.49. The summed E-state index contributed by atoms with van der Waals surface area (Å²) < 4.78 is 51.9. The summed E-state index contributed by atoms with van der Waals surface area (Å²) >= 11 is 0. The van der Waals surface area contributed by atoms with Crippen LogP contribution in [0.1, 0.15) is 26.7 Å². The normalized spacial score (nSPS) is 17.5. The number of hydrogen-bond donors (Lipinski definition) is 1. The maximum atomic E-state index is 12.8. The quantitative estimate of drug-likeness (QED) is 0.654. The molecule has 10 heteroatoms. The van der Waals surface area contributed by atoms with E-state index in [0.29, 0.717) is 32.0 Å². The van der Waals surface area contributed by atoms with Crippen LogP contribution in [0.25, 0.3) is 0 Å². The van der Waals surface area contributed by atoms with E-state index in [2.05, 4.69) is 18.7 Å². The first kappa shape index (κ1) is 21.8. The Morgan fingerprint density at radius 1 is 1.15 bits per heavy atom. The predicted molar refractivity (Wildman–Crippen MR) is 103 cm³/mol. The fraction of sp³-hybridized carbons (Fsp3) is 0.588. The number of sulfonamides is 1. The highest BCUT2D eigenvalue weighted by Gasteiger charge is 2.37. The van der Waals surface area contributed by atoms with E-state index < -0.39 is 43.4 Å². The molecule has 1 aromatic carbocycles. The molecule has 1 aromatic rings. The molecule has 2 rings (SSSR count). The topological polar surface area (TPSA) is 118 Å². The molecule has 0 atom stereocenters. The van der Waals surface area contributed by atoms with Gasteiger partial charge in [0, 0.05) is 12.1 Å². The Balaban J connectivity index is 2.30. The van der Waals surface area contributed by atoms with Crippen LogP contribution >= 0.6 is 0 Å². The van der Waals surface area contributed by atoms with Gasteiger partial charge in [0.05, 0.1) is 4.90 Å². The number of amides is 1. The molecule has 1 fully saturated rings. The van der Waals surface area contributed by atoms with Gasteiger partial charge in [0.25, 0.3) is 0 Å². The van der Waals surface area contributed by atoms with Crippen LogP contribution in [0.15, 0.2) is 35.2 Å². The minimum absolute atomic E-state index is 0.0453. The third-order valence-electron chi connectivity index (χ3n) is 4.72. The number of primary amides is 1. The number of rotatable bonds is 8. The standard InChI is InChI=1S/C17H27N3O5S2/c1-14(2)19-10-8-15(9-11-19)20(27(24,25)12-17(18)21)13-26(22,23)16-6-4-3-5-7-16/h3-7,14-15H,8-13H2,1-2H3,(H2,18,21). The van der Waals surface area contributed by atoms with Crippen molar-refractivity contribution < 1.29 is 21.6 Å². The molecule has 0 spiro atoms. The van der Waals surface area contributed by atoms with Gasteiger partial charge in [0.2, 0.25) is 15.9 Å². The smallest absolute Gasteiger partial charge is 0.234 e. The fourth-order valence-corrected chi connectivity index (χ4v) is 6.75. The van der Waals surface area contributed by atoms with E-state index in [9.17, 15) is 21.6 Å². The summed E-state index contributed by atoms with van der Waals surface area (Å²) in [6.07, 6.45) is 1.00. The zero-order valence-corrected chi connectivity index (χ0v) is 17.2. The van der Waals surface area contributed by atoms with Crippen molar-refractivity contribution in [2.45, 2.75) is 43.7 Å². The predicted octanol–water partition coefficient (Wildman–Crippen LogP) is 0.408. The van der Waals surface area contributed by atoms with Crippen molar-refractivity contribution in [2.75, 3.05) is 24.7 Å². The molecule has 2 N–H and O–H groups in total. The van der Waals surface area contributed by atoms with Gasteiger partial charge in [0.1, 0.15) is 11.6 Å². The van der Waals surface area contributed by atoms with E-state index in [0.717, 1.165) is 4.31 Å². The first-order valence-electron chi connectivity index (χ1n) is 8.82. The highest BCUT2D eigenvalue weighted by atomic mass is 32.2. The number of carbonyl (C=O) groups excluding carboxylic acids is 1. The van der Waals surface area contributed by atoms with Crippen LogP contribution in [-0.2, 0) is 24.7 Å². The van der Waals surface area contributed by atoms with Gasteiger partial charge in [-0.3, -0.25) is 4.79 Å². The number of carbonyl (C=O) groups is 1. The van der Waals surface area contributed by atoms with Crippen LogP contribution in [-0.4, -0.2) is 68.8 Å². The number of sulfone groups is 1. The first-order chi connectivity index (χ1) is 12.5. The first-order valence-corrected chi connectivity index (χ1v) is 12.1. The third kappa shape index (κ3) is 5.74. The van der Waals surface area contributed by atoms with Crippen molar-refractivity contribution in [3.8, 4) is 0 Å². The van der Waals surface area contributed by atoms with Crippen molar-refractivity contribution in [3.05, 3.63) is 30.3 Å². The molecule has 1 saturated heterocycles. The molecule has 0 aliphatic carbocycles. The van der Waals surface area contributed by atoms with Crippen LogP contribution in [0.4, 0.5) is 0 Å². The fourth-order valence-electron chi connectivity index (χ4n) is 3.24. The average molecular weight is 418 g/mol. The Bertz CT molecular complexity index is 846. The second-order valence-electron chi connectivity index (χ2n) is 7.03. The summed E-state index contributed by atoms with van der Waals surface area (Å²) in [7, 11) is -8.02. The molecule has 0 radical (unpaired) electrons. The summed E-state index contributed by atoms with van der Waals surface area (Å²) in [5.74, 6) is -2.60. The van der Waals surface area contributed by atoms with Crippen LogP contribution < -0.4 is 5.73 Å². The van der Waals surface area contributed by atoms with Gasteiger partial charge in [-0.25, -0.2) is 16.8 Å². The highest BCUT2D eigenvalue weighted by molar-refractivity contribution is 7.94. The van der Waals surface area contributed by atoms with E-state index in [4.69, 9.17) is 5.73 Å². The maximum absolute atomic E-state index is 12.8. The third-order valence-corrected chi connectivity index (χ3v) is 8.28. The molecule has 1 aliphatic rings. The highest BCUT2D eigenvalue weighted by Crippen LogP contribution is 2.24. The zero-order valence-electron chi connectivity index (χ0n) is 15.6. The average Bonchev–Trinajstić information content (AvgIpc) is 2.59. The molecule has 0 bridgehead atoms. The van der Waals surface area contributed by atoms with Gasteiger partial charge in [-0.15, -0.1) is 0 Å². The Kier molecular flexibility index (Phi) is 7.01. The molecule has 0 unspecified atom stereocenters. The van der Waals surface area contributed by atoms with E-state index >= 15 is 0 Å². The van der Waals surface area contributed by atoms with Gasteiger partial charge < -0.3 is 10.6 Å². The number of likely N-dealkylation sites (tertiary alicyclic amines) is 1. The number of hydrogen-bond acceptors (Lipinski definition) is 6. The van der Waals surface area contributed by atoms with E-state index in [1.807, 2.05) is 0 Å². The number of piperidine rings is 1. The van der Waals surface area contributed by atoms with Crippen molar-refractivity contribution in [3.63, 3.8) is 0 Å². The lowest BCUT2D eigenvalue weighted by molar-refractivity contribution is -0.115. The van der Waals surface area contributed by atoms with Crippen molar-refractivity contribution in [1.82, 2.24) is 9.21 Å². The van der Waals surface area contributed by atoms with Gasteiger partial charge in [-0.1, -0.05) is 18.2 Å². The zero-order chi connectivity index (χ0) is 20.2. The molecule has 1 heterocycles. The Morgan fingerprint density at radius 2 is 1.70 bits per heavy atom. The lowest BCUT2D eigenvalue weighted by Crippen LogP contribution is -2.51. The summed E-state index contributed by atoms with van der Waals surface area (Å²) in [4.78, 5) is 13.5. The lowest BCUT2D eigenvalue weighted by Gasteiger charge is -2.39. The summed E-state index contributed by atoms with van der Waals surface area (Å²) in [6, 6.07) is 7.54. The maximum Gasteiger partial charge on any atom is 0.234 e. The molecule has 8 nitrogen and oxygen atoms in total. The van der Waals surface area contributed by atoms with Crippen LogP contribution in [0.3, 0.4) is 0 Å². The summed E-state index contributed by atoms with van der Waals surface area (Å²) in [5, 5.41) is 0. The van der Waals surface area contributed by atoms with Gasteiger partial charge >= 0.3 is 0 Å². The molecule has 1 aliphatic heterocycles. The Labute approximate surface area is 161 Å². The van der Waals surface area contributed by atoms with Crippen molar-refractivity contribution in [2.24, 2.45) is 5.73 Å². The molecule has 27 heavy (non-hydrogen) atoms. The minimum atomic E-state index is -4.14. The molecule has 0 saturated carbocycles. The molecule has 1 amide bonds. The van der Waals surface area contributed by atoms with Crippen LogP contribution in [0.2, 0.25) is 0 Å². The molecule has 0 aromatic heterocycles. The number of benzene rings is 1. The second-order valence-corrected chi connectivity index (χ2v) is 10.9.